The highest BCUT2D eigenvalue weighted by atomic mass is 16.5. The normalized spacial score (nSPS) is 21.2. The molecule has 3 aliphatic heterocycles. The molecule has 5 aliphatic rings. The number of anilines is 1. The van der Waals surface area contributed by atoms with Crippen LogP contribution < -0.4 is 24.4 Å². The molecule has 2 aliphatic carbocycles. The summed E-state index contributed by atoms with van der Waals surface area (Å²) in [4.78, 5) is 47.8. The molecule has 15 nitrogen and oxygen atoms in total. The Hall–Kier alpha value is -6.22. The van der Waals surface area contributed by atoms with Gasteiger partial charge in [-0.3, -0.25) is 9.59 Å². The minimum atomic E-state index is -0.132. The summed E-state index contributed by atoms with van der Waals surface area (Å²) < 4.78 is 28.0. The molecular formula is C50H59N9O6. The number of hydrogen-bond acceptors (Lipinski definition) is 11. The van der Waals surface area contributed by atoms with Crippen molar-refractivity contribution in [1.82, 2.24) is 39.3 Å². The molecule has 6 aromatic rings. The number of fused-ring (bicyclic) bond motifs is 2. The maximum Gasteiger partial charge on any atom is 0.241 e. The third-order valence-corrected chi connectivity index (χ3v) is 13.8. The Balaban J connectivity index is 0.000000153. The van der Waals surface area contributed by atoms with Crippen molar-refractivity contribution in [3.8, 4) is 28.8 Å². The number of likely N-dealkylation sites (tertiary alicyclic amines) is 1. The molecule has 5 atom stereocenters. The third kappa shape index (κ3) is 9.07. The number of amides is 2. The van der Waals surface area contributed by atoms with Crippen LogP contribution in [0.3, 0.4) is 0 Å². The number of aromatic nitrogens is 6. The molecule has 15 heteroatoms. The number of carbonyl (C=O) groups is 2. The zero-order valence-corrected chi connectivity index (χ0v) is 38.0. The van der Waals surface area contributed by atoms with Gasteiger partial charge in [0.1, 0.15) is 29.0 Å². The van der Waals surface area contributed by atoms with Crippen LogP contribution in [0.1, 0.15) is 88.7 Å². The van der Waals surface area contributed by atoms with Crippen LogP contribution >= 0.6 is 0 Å². The molecule has 3 saturated heterocycles. The van der Waals surface area contributed by atoms with Crippen LogP contribution in [0.5, 0.6) is 17.5 Å². The summed E-state index contributed by atoms with van der Waals surface area (Å²) in [6.45, 7) is 12.8. The largest absolute Gasteiger partial charge is 0.497 e. The molecule has 11 rings (SSSR count). The number of carbonyl (C=O) groups excluding carboxylic acids is 2. The maximum absolute atomic E-state index is 12.9. The van der Waals surface area contributed by atoms with E-state index in [4.69, 9.17) is 28.9 Å². The van der Waals surface area contributed by atoms with E-state index in [0.717, 1.165) is 89.5 Å². The van der Waals surface area contributed by atoms with E-state index in [9.17, 15) is 9.59 Å². The Bertz CT molecular complexity index is 2670. The average Bonchev–Trinajstić information content (AvgIpc) is 4.17. The summed E-state index contributed by atoms with van der Waals surface area (Å²) in [6, 6.07) is 21.5. The Morgan fingerprint density at radius 2 is 1.37 bits per heavy atom. The number of pyridine rings is 2. The van der Waals surface area contributed by atoms with Crippen LogP contribution in [0.2, 0.25) is 0 Å². The van der Waals surface area contributed by atoms with Gasteiger partial charge >= 0.3 is 0 Å². The molecular weight excluding hydrogens is 823 g/mol. The van der Waals surface area contributed by atoms with Gasteiger partial charge in [0.05, 0.1) is 55.7 Å². The van der Waals surface area contributed by atoms with E-state index in [0.29, 0.717) is 49.8 Å². The van der Waals surface area contributed by atoms with Crippen molar-refractivity contribution in [2.24, 2.45) is 11.8 Å². The van der Waals surface area contributed by atoms with E-state index in [2.05, 4.69) is 66.6 Å². The monoisotopic (exact) mass is 881 g/mol. The Labute approximate surface area is 379 Å². The van der Waals surface area contributed by atoms with Gasteiger partial charge in [0.15, 0.2) is 0 Å². The molecule has 65 heavy (non-hydrogen) atoms. The predicted octanol–water partition coefficient (Wildman–Crippen LogP) is 7.63. The van der Waals surface area contributed by atoms with Crippen molar-refractivity contribution in [1.29, 1.82) is 0 Å². The second kappa shape index (κ2) is 18.0. The number of aryl methyl sites for hydroxylation is 1. The highest BCUT2D eigenvalue weighted by Gasteiger charge is 2.38. The summed E-state index contributed by atoms with van der Waals surface area (Å²) >= 11 is 0. The van der Waals surface area contributed by atoms with Crippen LogP contribution in [0.25, 0.3) is 33.3 Å². The molecule has 2 amide bonds. The molecule has 7 heterocycles. The molecule has 0 radical (unpaired) electrons. The van der Waals surface area contributed by atoms with E-state index >= 15 is 0 Å². The van der Waals surface area contributed by atoms with Crippen molar-refractivity contribution >= 4 is 39.6 Å². The first kappa shape index (κ1) is 42.7. The minimum absolute atomic E-state index is 0.00528. The number of nitrogens with zero attached hydrogens (tertiary/aromatic N) is 8. The third-order valence-electron chi connectivity index (χ3n) is 13.8. The molecule has 2 aromatic carbocycles. The van der Waals surface area contributed by atoms with Crippen LogP contribution in [0, 0.1) is 18.8 Å². The molecule has 0 spiro atoms. The molecule has 0 bridgehead atoms. The van der Waals surface area contributed by atoms with Gasteiger partial charge in [0, 0.05) is 79.9 Å². The number of nitrogens with one attached hydrogen (secondary N) is 1. The molecule has 1 N–H and O–H groups in total. The second-order valence-electron chi connectivity index (χ2n) is 18.4. The van der Waals surface area contributed by atoms with Gasteiger partial charge in [-0.1, -0.05) is 24.3 Å². The fourth-order valence-corrected chi connectivity index (χ4v) is 9.42. The van der Waals surface area contributed by atoms with Gasteiger partial charge < -0.3 is 43.2 Å². The second-order valence-corrected chi connectivity index (χ2v) is 18.4. The lowest BCUT2D eigenvalue weighted by molar-refractivity contribution is -0.129. The van der Waals surface area contributed by atoms with E-state index in [1.807, 2.05) is 68.7 Å². The first-order valence-corrected chi connectivity index (χ1v) is 23.3. The minimum Gasteiger partial charge on any atom is -0.497 e. The Morgan fingerprint density at radius 1 is 0.754 bits per heavy atom. The van der Waals surface area contributed by atoms with Crippen molar-refractivity contribution in [2.75, 3.05) is 51.4 Å². The summed E-state index contributed by atoms with van der Waals surface area (Å²) in [5, 5.41) is 2.91. The Morgan fingerprint density at radius 3 is 1.97 bits per heavy atom. The predicted molar refractivity (Wildman–Crippen MR) is 247 cm³/mol. The van der Waals surface area contributed by atoms with Crippen molar-refractivity contribution in [3.05, 3.63) is 84.6 Å². The van der Waals surface area contributed by atoms with E-state index in [1.54, 1.807) is 7.11 Å². The zero-order valence-electron chi connectivity index (χ0n) is 38.0. The first-order chi connectivity index (χ1) is 31.6. The summed E-state index contributed by atoms with van der Waals surface area (Å²) in [5.41, 5.74) is 8.81. The number of imidazole rings is 2. The molecule has 4 aromatic heterocycles. The maximum atomic E-state index is 12.9. The average molecular weight is 882 g/mol. The summed E-state index contributed by atoms with van der Waals surface area (Å²) in [7, 11) is 1.66. The van der Waals surface area contributed by atoms with Crippen molar-refractivity contribution in [2.45, 2.75) is 96.6 Å². The first-order valence-electron chi connectivity index (χ1n) is 23.3. The lowest BCUT2D eigenvalue weighted by Crippen LogP contribution is -2.36. The lowest BCUT2D eigenvalue weighted by atomic mass is 10.0. The van der Waals surface area contributed by atoms with Gasteiger partial charge in [-0.15, -0.1) is 0 Å². The smallest absolute Gasteiger partial charge is 0.241 e. The molecule has 2 saturated carbocycles. The van der Waals surface area contributed by atoms with Crippen LogP contribution in [0.15, 0.2) is 73.3 Å². The van der Waals surface area contributed by atoms with Gasteiger partial charge in [-0.2, -0.15) is 0 Å². The highest BCUT2D eigenvalue weighted by Crippen LogP contribution is 2.42. The fourth-order valence-electron chi connectivity index (χ4n) is 9.42. The fraction of sp³-hybridized carbons (Fsp3) is 0.480. The molecule has 0 unspecified atom stereocenters. The topological polar surface area (TPSA) is 151 Å². The van der Waals surface area contributed by atoms with Gasteiger partial charge in [-0.05, 0) is 95.3 Å². The zero-order chi connectivity index (χ0) is 44.8. The van der Waals surface area contributed by atoms with E-state index in [1.165, 1.54) is 18.5 Å². The highest BCUT2D eigenvalue weighted by molar-refractivity contribution is 5.85. The van der Waals surface area contributed by atoms with Crippen molar-refractivity contribution < 1.29 is 28.5 Å². The van der Waals surface area contributed by atoms with Crippen LogP contribution in [0.4, 0.5) is 5.69 Å². The van der Waals surface area contributed by atoms with Crippen LogP contribution in [-0.4, -0.2) is 104 Å². The molecule has 340 valence electrons. The quantitative estimate of drug-likeness (QED) is 0.122. The standard InChI is InChI=1S/C25H29N5O3.C25H30N4O3/c1-16(18-12-23(31)26-14-18)33-25-24-22(27-15-30(24)20-6-7-20)13-21(28-25)17-2-4-19(5-3-17)29-8-10-32-11-9-29;1-15-11-22-24(29(14-26-22)20-7-8-20)25(27-15)32-17(3)19-12-23(30)28(13-19)16(2)18-5-9-21(31-4)10-6-18/h2-5,13,15-16,18,20H,6-12,14H2,1H3,(H,26,31);5-6,9-11,14,16-17,19-20H,7-8,12-13H2,1-4H3/t16-,18-;16-,17-,19-/m11/s1. The number of morpholine rings is 1. The summed E-state index contributed by atoms with van der Waals surface area (Å²) in [5.74, 6) is 2.56. The van der Waals surface area contributed by atoms with Gasteiger partial charge in [-0.25, -0.2) is 19.9 Å². The lowest BCUT2D eigenvalue weighted by Gasteiger charge is -2.28. The van der Waals surface area contributed by atoms with Crippen molar-refractivity contribution in [3.63, 3.8) is 0 Å². The number of benzene rings is 2. The number of hydrogen-bond donors (Lipinski definition) is 1. The molecule has 5 fully saturated rings. The number of methoxy groups -OCH3 is 1. The van der Waals surface area contributed by atoms with Gasteiger partial charge in [0.25, 0.3) is 0 Å². The number of ether oxygens (including phenoxy) is 4. The van der Waals surface area contributed by atoms with Crippen LogP contribution in [-0.2, 0) is 14.3 Å². The summed E-state index contributed by atoms with van der Waals surface area (Å²) in [6.07, 6.45) is 9.19. The SMILES string of the molecule is COc1ccc([C@@H](C)N2C[C@H]([C@@H](C)Oc3nc(C)cc4ncn(C5CC5)c34)CC2=O)cc1.C[C@@H](Oc1nc(-c2ccc(N3CCOCC3)cc2)cc2ncn(C3CC3)c12)[C@H]1CNC(=O)C1. The van der Waals surface area contributed by atoms with E-state index in [-0.39, 0.29) is 41.9 Å². The van der Waals surface area contributed by atoms with Gasteiger partial charge in [0.2, 0.25) is 23.6 Å². The Kier molecular flexibility index (Phi) is 11.8. The number of rotatable bonds is 13. The van der Waals surface area contributed by atoms with E-state index < -0.39 is 0 Å².